The zero-order valence-corrected chi connectivity index (χ0v) is 16.6. The number of anilines is 2. The van der Waals surface area contributed by atoms with Crippen LogP contribution in [0.2, 0.25) is 0 Å². The van der Waals surface area contributed by atoms with Gasteiger partial charge in [-0.1, -0.05) is 12.1 Å². The van der Waals surface area contributed by atoms with E-state index in [0.717, 1.165) is 37.2 Å². The van der Waals surface area contributed by atoms with Crippen LogP contribution in [0, 0.1) is 0 Å². The van der Waals surface area contributed by atoms with E-state index in [9.17, 15) is 20.1 Å². The molecule has 1 aliphatic rings. The lowest BCUT2D eigenvalue weighted by Crippen LogP contribution is -2.42. The van der Waals surface area contributed by atoms with Crippen LogP contribution >= 0.6 is 0 Å². The molecule has 7 nitrogen and oxygen atoms in total. The maximum atomic E-state index is 12.4. The van der Waals surface area contributed by atoms with E-state index in [1.807, 2.05) is 18.2 Å². The van der Waals surface area contributed by atoms with Crippen molar-refractivity contribution in [2.45, 2.75) is 38.5 Å². The lowest BCUT2D eigenvalue weighted by molar-refractivity contribution is -0.117. The Balaban J connectivity index is 1.47. The Bertz CT molecular complexity index is 833. The van der Waals surface area contributed by atoms with Crippen LogP contribution in [0.4, 0.5) is 11.4 Å². The highest BCUT2D eigenvalue weighted by Gasteiger charge is 2.21. The third kappa shape index (κ3) is 5.93. The maximum absolute atomic E-state index is 12.4. The molecule has 5 N–H and O–H groups in total. The molecule has 2 aromatic rings. The van der Waals surface area contributed by atoms with E-state index in [2.05, 4.69) is 15.5 Å². The van der Waals surface area contributed by atoms with E-state index in [0.29, 0.717) is 17.8 Å². The number of piperidine rings is 1. The monoisotopic (exact) mass is 399 g/mol. The number of nitrogens with zero attached hydrogens (tertiary/aromatic N) is 1. The Kier molecular flexibility index (Phi) is 7.09. The average molecular weight is 399 g/mol. The molecule has 2 aromatic carbocycles. The van der Waals surface area contributed by atoms with Gasteiger partial charge in [-0.3, -0.25) is 9.69 Å². The van der Waals surface area contributed by atoms with Crippen molar-refractivity contribution in [1.29, 1.82) is 0 Å². The average Bonchev–Trinajstić information content (AvgIpc) is 2.70. The van der Waals surface area contributed by atoms with Crippen molar-refractivity contribution < 1.29 is 20.1 Å². The number of nitrogens with one attached hydrogen (secondary N) is 2. The molecule has 1 unspecified atom stereocenters. The van der Waals surface area contributed by atoms with Crippen molar-refractivity contribution in [3.63, 3.8) is 0 Å². The predicted octanol–water partition coefficient (Wildman–Crippen LogP) is 2.45. The Morgan fingerprint density at radius 3 is 2.66 bits per heavy atom. The minimum absolute atomic E-state index is 0.0692. The number of benzene rings is 2. The fourth-order valence-electron chi connectivity index (χ4n) is 3.59. The smallest absolute Gasteiger partial charge is 0.238 e. The fraction of sp³-hybridized carbons (Fsp3) is 0.409. The lowest BCUT2D eigenvalue weighted by Gasteiger charge is -2.32. The first-order valence-corrected chi connectivity index (χ1v) is 9.94. The summed E-state index contributed by atoms with van der Waals surface area (Å²) in [5.41, 5.74) is 2.96. The highest BCUT2D eigenvalue weighted by molar-refractivity contribution is 5.92. The van der Waals surface area contributed by atoms with Crippen LogP contribution < -0.4 is 10.6 Å². The summed E-state index contributed by atoms with van der Waals surface area (Å²) < 4.78 is 0. The Morgan fingerprint density at radius 1 is 1.21 bits per heavy atom. The Hall–Kier alpha value is -2.61. The van der Waals surface area contributed by atoms with E-state index < -0.39 is 6.10 Å². The third-order valence-electron chi connectivity index (χ3n) is 5.23. The fourth-order valence-corrected chi connectivity index (χ4v) is 3.59. The van der Waals surface area contributed by atoms with Crippen molar-refractivity contribution >= 4 is 17.3 Å². The number of aromatic hydroxyl groups is 1. The number of carbonyl (C=O) groups excluding carboxylic acids is 1. The topological polar surface area (TPSA) is 105 Å². The van der Waals surface area contributed by atoms with Gasteiger partial charge < -0.3 is 26.0 Å². The number of aliphatic hydroxyl groups excluding tert-OH is 2. The third-order valence-corrected chi connectivity index (χ3v) is 5.23. The molecule has 0 radical (unpaired) electrons. The number of phenols is 1. The number of likely N-dealkylation sites (tertiary alicyclic amines) is 1. The SMILES string of the molecule is CC(O)c1cccc(NC(=O)CN2CCC(Nc3ccc(O)cc3CO)CC2)c1. The van der Waals surface area contributed by atoms with Gasteiger partial charge in [-0.05, 0) is 55.7 Å². The molecule has 7 heteroatoms. The molecule has 0 bridgehead atoms. The predicted molar refractivity (Wildman–Crippen MR) is 113 cm³/mol. The first kappa shape index (κ1) is 21.1. The number of amides is 1. The van der Waals surface area contributed by atoms with Crippen LogP contribution in [-0.2, 0) is 11.4 Å². The van der Waals surface area contributed by atoms with E-state index in [1.165, 1.54) is 0 Å². The summed E-state index contributed by atoms with van der Waals surface area (Å²) >= 11 is 0. The normalized spacial score (nSPS) is 16.4. The van der Waals surface area contributed by atoms with Gasteiger partial charge in [0.25, 0.3) is 0 Å². The zero-order chi connectivity index (χ0) is 20.8. The number of hydrogen-bond donors (Lipinski definition) is 5. The first-order valence-electron chi connectivity index (χ1n) is 9.94. The number of phenolic OH excluding ortho intramolecular Hbond substituents is 1. The molecule has 0 aromatic heterocycles. The summed E-state index contributed by atoms with van der Waals surface area (Å²) in [7, 11) is 0. The van der Waals surface area contributed by atoms with Gasteiger partial charge in [0, 0.05) is 36.1 Å². The summed E-state index contributed by atoms with van der Waals surface area (Å²) in [6.07, 6.45) is 1.20. The largest absolute Gasteiger partial charge is 0.508 e. The molecule has 0 spiro atoms. The highest BCUT2D eigenvalue weighted by atomic mass is 16.3. The van der Waals surface area contributed by atoms with Crippen LogP contribution in [-0.4, -0.2) is 51.8 Å². The second kappa shape index (κ2) is 9.73. The number of hydrogen-bond acceptors (Lipinski definition) is 6. The minimum atomic E-state index is -0.571. The maximum Gasteiger partial charge on any atom is 0.238 e. The van der Waals surface area contributed by atoms with Crippen LogP contribution in [0.1, 0.15) is 37.0 Å². The van der Waals surface area contributed by atoms with Gasteiger partial charge >= 0.3 is 0 Å². The van der Waals surface area contributed by atoms with Crippen LogP contribution in [0.3, 0.4) is 0 Å². The van der Waals surface area contributed by atoms with Gasteiger partial charge in [0.05, 0.1) is 19.3 Å². The molecule has 29 heavy (non-hydrogen) atoms. The molecule has 1 saturated heterocycles. The van der Waals surface area contributed by atoms with Crippen molar-refractivity contribution in [2.75, 3.05) is 30.3 Å². The summed E-state index contributed by atoms with van der Waals surface area (Å²) in [6, 6.07) is 12.5. The summed E-state index contributed by atoms with van der Waals surface area (Å²) in [6.45, 7) is 3.48. The van der Waals surface area contributed by atoms with Crippen molar-refractivity contribution in [3.8, 4) is 5.75 Å². The van der Waals surface area contributed by atoms with Gasteiger partial charge in [0.15, 0.2) is 0 Å². The van der Waals surface area contributed by atoms with Gasteiger partial charge in [-0.15, -0.1) is 0 Å². The Morgan fingerprint density at radius 2 is 1.97 bits per heavy atom. The molecule has 1 aliphatic heterocycles. The van der Waals surface area contributed by atoms with Gasteiger partial charge in [0.1, 0.15) is 5.75 Å². The molecular formula is C22H29N3O4. The molecule has 1 amide bonds. The molecule has 1 atom stereocenters. The molecule has 0 saturated carbocycles. The first-order chi connectivity index (χ1) is 13.9. The quantitative estimate of drug-likeness (QED) is 0.458. The van der Waals surface area contributed by atoms with Crippen LogP contribution in [0.25, 0.3) is 0 Å². The van der Waals surface area contributed by atoms with Crippen molar-refractivity contribution in [2.24, 2.45) is 0 Å². The van der Waals surface area contributed by atoms with E-state index in [1.54, 1.807) is 31.2 Å². The Labute approximate surface area is 171 Å². The molecule has 1 fully saturated rings. The molecule has 3 rings (SSSR count). The van der Waals surface area contributed by atoms with E-state index in [-0.39, 0.29) is 24.3 Å². The standard InChI is InChI=1S/C22H29N3O4/c1-15(27)16-3-2-4-19(11-16)24-22(29)13-25-9-7-18(8-10-25)23-21-6-5-20(28)12-17(21)14-26/h2-6,11-12,15,18,23,26-28H,7-10,13-14H2,1H3,(H,24,29). The van der Waals surface area contributed by atoms with Crippen molar-refractivity contribution in [1.82, 2.24) is 4.90 Å². The van der Waals surface area contributed by atoms with E-state index >= 15 is 0 Å². The summed E-state index contributed by atoms with van der Waals surface area (Å²) in [5, 5.41) is 35.0. The molecular weight excluding hydrogens is 370 g/mol. The molecule has 0 aliphatic carbocycles. The van der Waals surface area contributed by atoms with E-state index in [4.69, 9.17) is 0 Å². The summed E-state index contributed by atoms with van der Waals surface area (Å²) in [4.78, 5) is 14.5. The zero-order valence-electron chi connectivity index (χ0n) is 16.6. The van der Waals surface area contributed by atoms with Gasteiger partial charge in [-0.25, -0.2) is 0 Å². The number of carbonyl (C=O) groups is 1. The van der Waals surface area contributed by atoms with Gasteiger partial charge in [0.2, 0.25) is 5.91 Å². The molecule has 1 heterocycles. The van der Waals surface area contributed by atoms with Gasteiger partial charge in [-0.2, -0.15) is 0 Å². The van der Waals surface area contributed by atoms with Crippen LogP contribution in [0.15, 0.2) is 42.5 Å². The minimum Gasteiger partial charge on any atom is -0.508 e. The second-order valence-electron chi connectivity index (χ2n) is 7.54. The van der Waals surface area contributed by atoms with Crippen LogP contribution in [0.5, 0.6) is 5.75 Å². The summed E-state index contributed by atoms with van der Waals surface area (Å²) in [5.74, 6) is 0.0691. The molecule has 156 valence electrons. The second-order valence-corrected chi connectivity index (χ2v) is 7.54. The lowest BCUT2D eigenvalue weighted by atomic mass is 10.0. The number of aliphatic hydroxyl groups is 2. The van der Waals surface area contributed by atoms with Crippen molar-refractivity contribution in [3.05, 3.63) is 53.6 Å². The highest BCUT2D eigenvalue weighted by Crippen LogP contribution is 2.24. The number of rotatable bonds is 7.